The maximum absolute atomic E-state index is 12.2. The Morgan fingerprint density at radius 3 is 2.52 bits per heavy atom. The van der Waals surface area contributed by atoms with Crippen molar-refractivity contribution in [1.29, 1.82) is 0 Å². The number of carbonyl (C=O) groups excluding carboxylic acids is 2. The molecule has 1 aliphatic heterocycles. The number of piperazine rings is 1. The van der Waals surface area contributed by atoms with Gasteiger partial charge < -0.3 is 15.5 Å². The summed E-state index contributed by atoms with van der Waals surface area (Å²) in [6, 6.07) is 9.22. The zero-order valence-corrected chi connectivity index (χ0v) is 15.4. The Balaban J connectivity index is 1.39. The van der Waals surface area contributed by atoms with Crippen LogP contribution in [0.5, 0.6) is 0 Å². The molecule has 0 radical (unpaired) electrons. The van der Waals surface area contributed by atoms with Gasteiger partial charge in [0.25, 0.3) is 5.91 Å². The van der Waals surface area contributed by atoms with Crippen molar-refractivity contribution in [2.45, 2.75) is 6.92 Å². The van der Waals surface area contributed by atoms with Crippen LogP contribution >= 0.6 is 0 Å². The highest BCUT2D eigenvalue weighted by Gasteiger charge is 2.17. The van der Waals surface area contributed by atoms with E-state index in [-0.39, 0.29) is 11.8 Å². The Kier molecular flexibility index (Phi) is 6.32. The van der Waals surface area contributed by atoms with E-state index in [0.29, 0.717) is 17.9 Å². The smallest absolute Gasteiger partial charge is 0.252 e. The lowest BCUT2D eigenvalue weighted by atomic mass is 10.2. The standard InChI is InChI=1S/C19H24N6O2/c1-15(26)23-17-6-5-16(14-22-17)19(27)21-8-9-24-10-12-25(13-11-24)18-4-2-3-7-20-18/h2-7,14H,8-13H2,1H3,(H,21,27)(H,22,23,26). The maximum atomic E-state index is 12.2. The molecule has 1 aliphatic rings. The molecule has 1 saturated heterocycles. The molecule has 0 atom stereocenters. The van der Waals surface area contributed by atoms with Crippen LogP contribution in [0.4, 0.5) is 11.6 Å². The third-order valence-corrected chi connectivity index (χ3v) is 4.39. The van der Waals surface area contributed by atoms with Crippen molar-refractivity contribution in [3.05, 3.63) is 48.3 Å². The molecule has 8 nitrogen and oxygen atoms in total. The van der Waals surface area contributed by atoms with Crippen molar-refractivity contribution in [2.75, 3.05) is 49.5 Å². The van der Waals surface area contributed by atoms with Crippen LogP contribution in [0, 0.1) is 0 Å². The number of pyridine rings is 2. The average Bonchev–Trinajstić information content (AvgIpc) is 2.69. The van der Waals surface area contributed by atoms with Crippen molar-refractivity contribution in [1.82, 2.24) is 20.2 Å². The van der Waals surface area contributed by atoms with E-state index in [1.807, 2.05) is 24.4 Å². The topological polar surface area (TPSA) is 90.5 Å². The maximum Gasteiger partial charge on any atom is 0.252 e. The van der Waals surface area contributed by atoms with Crippen LogP contribution in [0.1, 0.15) is 17.3 Å². The summed E-state index contributed by atoms with van der Waals surface area (Å²) in [5.74, 6) is 1.09. The third-order valence-electron chi connectivity index (χ3n) is 4.39. The van der Waals surface area contributed by atoms with E-state index in [1.54, 1.807) is 12.1 Å². The minimum Gasteiger partial charge on any atom is -0.354 e. The fourth-order valence-electron chi connectivity index (χ4n) is 2.95. The Morgan fingerprint density at radius 2 is 1.89 bits per heavy atom. The van der Waals surface area contributed by atoms with E-state index < -0.39 is 0 Å². The molecule has 142 valence electrons. The SMILES string of the molecule is CC(=O)Nc1ccc(C(=O)NCCN2CCN(c3ccccn3)CC2)cn1. The second-order valence-corrected chi connectivity index (χ2v) is 6.39. The zero-order chi connectivity index (χ0) is 19.1. The number of aromatic nitrogens is 2. The monoisotopic (exact) mass is 368 g/mol. The molecule has 0 saturated carbocycles. The number of nitrogens with one attached hydrogen (secondary N) is 2. The van der Waals surface area contributed by atoms with Crippen LogP contribution in [0.25, 0.3) is 0 Å². The summed E-state index contributed by atoms with van der Waals surface area (Å²) in [5.41, 5.74) is 0.476. The molecule has 2 aromatic rings. The van der Waals surface area contributed by atoms with Crippen LogP contribution < -0.4 is 15.5 Å². The number of amides is 2. The van der Waals surface area contributed by atoms with Gasteiger partial charge in [0.15, 0.2) is 0 Å². The molecule has 0 unspecified atom stereocenters. The molecule has 2 amide bonds. The Hall–Kier alpha value is -3.00. The van der Waals surface area contributed by atoms with Crippen molar-refractivity contribution >= 4 is 23.5 Å². The fourth-order valence-corrected chi connectivity index (χ4v) is 2.95. The van der Waals surface area contributed by atoms with Gasteiger partial charge in [0.1, 0.15) is 11.6 Å². The number of anilines is 2. The highest BCUT2D eigenvalue weighted by atomic mass is 16.2. The van der Waals surface area contributed by atoms with Crippen LogP contribution in [0.3, 0.4) is 0 Å². The molecule has 27 heavy (non-hydrogen) atoms. The fraction of sp³-hybridized carbons (Fsp3) is 0.368. The second-order valence-electron chi connectivity index (χ2n) is 6.39. The number of nitrogens with zero attached hydrogens (tertiary/aromatic N) is 4. The molecule has 8 heteroatoms. The largest absolute Gasteiger partial charge is 0.354 e. The van der Waals surface area contributed by atoms with Crippen molar-refractivity contribution in [2.24, 2.45) is 0 Å². The minimum absolute atomic E-state index is 0.163. The Morgan fingerprint density at radius 1 is 1.07 bits per heavy atom. The highest BCUT2D eigenvalue weighted by Crippen LogP contribution is 2.12. The predicted molar refractivity (Wildman–Crippen MR) is 104 cm³/mol. The molecule has 3 heterocycles. The molecule has 3 rings (SSSR count). The van der Waals surface area contributed by atoms with Gasteiger partial charge in [0.05, 0.1) is 5.56 Å². The van der Waals surface area contributed by atoms with Crippen LogP contribution in [0.2, 0.25) is 0 Å². The zero-order valence-electron chi connectivity index (χ0n) is 15.4. The van der Waals surface area contributed by atoms with E-state index >= 15 is 0 Å². The summed E-state index contributed by atoms with van der Waals surface area (Å²) in [5, 5.41) is 5.49. The van der Waals surface area contributed by atoms with Crippen molar-refractivity contribution in [3.63, 3.8) is 0 Å². The minimum atomic E-state index is -0.192. The van der Waals surface area contributed by atoms with Gasteiger partial charge in [0, 0.05) is 58.6 Å². The molecule has 1 fully saturated rings. The number of hydrogen-bond donors (Lipinski definition) is 2. The van der Waals surface area contributed by atoms with Gasteiger partial charge in [-0.25, -0.2) is 9.97 Å². The molecule has 0 aromatic carbocycles. The molecule has 0 aliphatic carbocycles. The average molecular weight is 368 g/mol. The normalized spacial score (nSPS) is 14.6. The summed E-state index contributed by atoms with van der Waals surface area (Å²) in [7, 11) is 0. The van der Waals surface area contributed by atoms with Gasteiger partial charge in [-0.3, -0.25) is 14.5 Å². The number of carbonyl (C=O) groups is 2. The lowest BCUT2D eigenvalue weighted by Gasteiger charge is -2.35. The summed E-state index contributed by atoms with van der Waals surface area (Å²) < 4.78 is 0. The van der Waals surface area contributed by atoms with E-state index in [2.05, 4.69) is 30.4 Å². The third kappa shape index (κ3) is 5.49. The molecule has 2 aromatic heterocycles. The predicted octanol–water partition coefficient (Wildman–Crippen LogP) is 0.987. The second kappa shape index (κ2) is 9.09. The first-order chi connectivity index (χ1) is 13.1. The highest BCUT2D eigenvalue weighted by molar-refractivity contribution is 5.94. The van der Waals surface area contributed by atoms with E-state index in [9.17, 15) is 9.59 Å². The van der Waals surface area contributed by atoms with E-state index in [0.717, 1.165) is 38.5 Å². The lowest BCUT2D eigenvalue weighted by molar-refractivity contribution is -0.114. The van der Waals surface area contributed by atoms with Gasteiger partial charge in [-0.2, -0.15) is 0 Å². The van der Waals surface area contributed by atoms with Gasteiger partial charge in [0.2, 0.25) is 5.91 Å². The molecule has 0 bridgehead atoms. The Bertz CT molecular complexity index is 758. The Labute approximate surface area is 158 Å². The summed E-state index contributed by atoms with van der Waals surface area (Å²) in [6.45, 7) is 6.55. The van der Waals surface area contributed by atoms with Gasteiger partial charge >= 0.3 is 0 Å². The summed E-state index contributed by atoms with van der Waals surface area (Å²) in [6.07, 6.45) is 3.28. The molecular formula is C19H24N6O2. The summed E-state index contributed by atoms with van der Waals surface area (Å²) in [4.78, 5) is 36.2. The van der Waals surface area contributed by atoms with Crippen LogP contribution in [-0.2, 0) is 4.79 Å². The quantitative estimate of drug-likeness (QED) is 0.790. The van der Waals surface area contributed by atoms with Crippen LogP contribution in [-0.4, -0.2) is 66.0 Å². The number of hydrogen-bond acceptors (Lipinski definition) is 6. The molecule has 0 spiro atoms. The first kappa shape index (κ1) is 18.8. The first-order valence-corrected chi connectivity index (χ1v) is 9.02. The van der Waals surface area contributed by atoms with Crippen molar-refractivity contribution in [3.8, 4) is 0 Å². The number of rotatable bonds is 6. The molecular weight excluding hydrogens is 344 g/mol. The van der Waals surface area contributed by atoms with Gasteiger partial charge in [-0.15, -0.1) is 0 Å². The lowest BCUT2D eigenvalue weighted by Crippen LogP contribution is -2.48. The van der Waals surface area contributed by atoms with Crippen molar-refractivity contribution < 1.29 is 9.59 Å². The molecule has 2 N–H and O–H groups in total. The van der Waals surface area contributed by atoms with Gasteiger partial charge in [-0.1, -0.05) is 6.07 Å². The van der Waals surface area contributed by atoms with Crippen LogP contribution in [0.15, 0.2) is 42.7 Å². The van der Waals surface area contributed by atoms with E-state index in [1.165, 1.54) is 13.1 Å². The summed E-state index contributed by atoms with van der Waals surface area (Å²) >= 11 is 0. The van der Waals surface area contributed by atoms with Gasteiger partial charge in [-0.05, 0) is 24.3 Å². The first-order valence-electron chi connectivity index (χ1n) is 9.02. The van der Waals surface area contributed by atoms with E-state index in [4.69, 9.17) is 0 Å².